The summed E-state index contributed by atoms with van der Waals surface area (Å²) < 4.78 is 0. The first-order chi connectivity index (χ1) is 9.24. The summed E-state index contributed by atoms with van der Waals surface area (Å²) in [7, 11) is 0. The van der Waals surface area contributed by atoms with E-state index >= 15 is 0 Å². The summed E-state index contributed by atoms with van der Waals surface area (Å²) in [4.78, 5) is 0. The van der Waals surface area contributed by atoms with Gasteiger partial charge in [0.1, 0.15) is 0 Å². The van der Waals surface area contributed by atoms with Gasteiger partial charge in [0.05, 0.1) is 0 Å². The molecule has 0 saturated heterocycles. The molecule has 0 bridgehead atoms. The van der Waals surface area contributed by atoms with E-state index in [1.807, 2.05) is 36.4 Å². The summed E-state index contributed by atoms with van der Waals surface area (Å²) in [6, 6.07) is 20.7. The lowest BCUT2D eigenvalue weighted by atomic mass is 9.85. The van der Waals surface area contributed by atoms with Crippen molar-refractivity contribution in [2.45, 2.75) is 25.3 Å². The van der Waals surface area contributed by atoms with Crippen LogP contribution < -0.4 is 5.73 Å². The van der Waals surface area contributed by atoms with E-state index in [4.69, 9.17) is 5.73 Å². The first-order valence-electron chi connectivity index (χ1n) is 6.80. The molecule has 0 fully saturated rings. The van der Waals surface area contributed by atoms with Crippen molar-refractivity contribution in [1.29, 1.82) is 0 Å². The second-order valence-corrected chi connectivity index (χ2v) is 4.89. The number of hydrogen-bond acceptors (Lipinski definition) is 1. The second kappa shape index (κ2) is 6.35. The van der Waals surface area contributed by atoms with E-state index in [9.17, 15) is 0 Å². The number of rotatable bonds is 5. The van der Waals surface area contributed by atoms with Crippen LogP contribution >= 0.6 is 0 Å². The van der Waals surface area contributed by atoms with Gasteiger partial charge in [0.25, 0.3) is 0 Å². The highest BCUT2D eigenvalue weighted by atomic mass is 14.7. The van der Waals surface area contributed by atoms with Crippen LogP contribution in [0, 0.1) is 0 Å². The van der Waals surface area contributed by atoms with Gasteiger partial charge in [0.15, 0.2) is 0 Å². The highest BCUT2D eigenvalue weighted by Crippen LogP contribution is 2.26. The number of benzene rings is 2. The zero-order valence-corrected chi connectivity index (χ0v) is 11.4. The van der Waals surface area contributed by atoms with Crippen LogP contribution in [0.5, 0.6) is 0 Å². The molecule has 1 nitrogen and oxygen atoms in total. The Hall–Kier alpha value is -1.86. The van der Waals surface area contributed by atoms with Gasteiger partial charge >= 0.3 is 0 Å². The molecule has 98 valence electrons. The maximum absolute atomic E-state index is 6.53. The van der Waals surface area contributed by atoms with Crippen molar-refractivity contribution >= 4 is 6.08 Å². The van der Waals surface area contributed by atoms with E-state index in [0.29, 0.717) is 0 Å². The first-order valence-corrected chi connectivity index (χ1v) is 6.80. The van der Waals surface area contributed by atoms with Gasteiger partial charge in [-0.2, -0.15) is 0 Å². The smallest absolute Gasteiger partial charge is 0.0441 e. The van der Waals surface area contributed by atoms with E-state index in [2.05, 4.69) is 43.3 Å². The molecule has 0 spiro atoms. The molecule has 1 atom stereocenters. The Balaban J connectivity index is 2.10. The van der Waals surface area contributed by atoms with Gasteiger partial charge in [-0.05, 0) is 24.0 Å². The SMILES string of the molecule is CCC(N)(CC=Cc1ccccc1)c1ccccc1. The molecule has 0 aliphatic heterocycles. The molecule has 0 aliphatic rings. The molecule has 0 aliphatic carbocycles. The lowest BCUT2D eigenvalue weighted by molar-refractivity contribution is 0.434. The van der Waals surface area contributed by atoms with Crippen LogP contribution in [0.25, 0.3) is 6.08 Å². The van der Waals surface area contributed by atoms with Crippen molar-refractivity contribution in [2.24, 2.45) is 5.73 Å². The minimum absolute atomic E-state index is 0.271. The predicted octanol–water partition coefficient (Wildman–Crippen LogP) is 4.35. The summed E-state index contributed by atoms with van der Waals surface area (Å²) in [6.45, 7) is 2.14. The quantitative estimate of drug-likeness (QED) is 0.839. The van der Waals surface area contributed by atoms with Crippen molar-refractivity contribution in [3.63, 3.8) is 0 Å². The molecule has 0 saturated carbocycles. The van der Waals surface area contributed by atoms with Crippen molar-refractivity contribution in [3.8, 4) is 0 Å². The fraction of sp³-hybridized carbons (Fsp3) is 0.222. The molecule has 1 heteroatoms. The van der Waals surface area contributed by atoms with Crippen LogP contribution in [0.2, 0.25) is 0 Å². The van der Waals surface area contributed by atoms with E-state index < -0.39 is 0 Å². The van der Waals surface area contributed by atoms with Gasteiger partial charge in [0, 0.05) is 5.54 Å². The highest BCUT2D eigenvalue weighted by molar-refractivity contribution is 5.49. The van der Waals surface area contributed by atoms with Gasteiger partial charge < -0.3 is 5.73 Å². The monoisotopic (exact) mass is 251 g/mol. The molecule has 0 heterocycles. The van der Waals surface area contributed by atoms with Gasteiger partial charge in [-0.15, -0.1) is 0 Å². The minimum Gasteiger partial charge on any atom is -0.321 e. The molecule has 0 radical (unpaired) electrons. The van der Waals surface area contributed by atoms with Gasteiger partial charge in [0.2, 0.25) is 0 Å². The lowest BCUT2D eigenvalue weighted by Gasteiger charge is -2.27. The zero-order valence-electron chi connectivity index (χ0n) is 11.4. The summed E-state index contributed by atoms with van der Waals surface area (Å²) in [5.74, 6) is 0. The summed E-state index contributed by atoms with van der Waals surface area (Å²) in [5, 5.41) is 0. The Labute approximate surface area is 115 Å². The first kappa shape index (κ1) is 13.6. The van der Waals surface area contributed by atoms with E-state index in [1.54, 1.807) is 0 Å². The molecular weight excluding hydrogens is 230 g/mol. The summed E-state index contributed by atoms with van der Waals surface area (Å²) >= 11 is 0. The summed E-state index contributed by atoms with van der Waals surface area (Å²) in [5.41, 5.74) is 8.68. The highest BCUT2D eigenvalue weighted by Gasteiger charge is 2.22. The molecule has 2 rings (SSSR count). The minimum atomic E-state index is -0.271. The van der Waals surface area contributed by atoms with Crippen LogP contribution in [0.3, 0.4) is 0 Å². The van der Waals surface area contributed by atoms with Crippen LogP contribution in [0.1, 0.15) is 30.9 Å². The van der Waals surface area contributed by atoms with Gasteiger partial charge in [-0.1, -0.05) is 79.7 Å². The van der Waals surface area contributed by atoms with E-state index in [0.717, 1.165) is 12.8 Å². The predicted molar refractivity (Wildman–Crippen MR) is 82.7 cm³/mol. The molecule has 2 aromatic rings. The van der Waals surface area contributed by atoms with Gasteiger partial charge in [-0.25, -0.2) is 0 Å². The fourth-order valence-corrected chi connectivity index (χ4v) is 2.21. The van der Waals surface area contributed by atoms with E-state index in [-0.39, 0.29) is 5.54 Å². The topological polar surface area (TPSA) is 26.0 Å². The summed E-state index contributed by atoms with van der Waals surface area (Å²) in [6.07, 6.45) is 6.09. The Bertz CT molecular complexity index is 516. The molecule has 0 amide bonds. The third-order valence-corrected chi connectivity index (χ3v) is 3.57. The second-order valence-electron chi connectivity index (χ2n) is 4.89. The van der Waals surface area contributed by atoms with E-state index in [1.165, 1.54) is 11.1 Å². The Kier molecular flexibility index (Phi) is 4.53. The molecule has 2 N–H and O–H groups in total. The third-order valence-electron chi connectivity index (χ3n) is 3.57. The van der Waals surface area contributed by atoms with Crippen molar-refractivity contribution in [1.82, 2.24) is 0 Å². The Morgan fingerprint density at radius 1 is 0.947 bits per heavy atom. The van der Waals surface area contributed by atoms with Crippen LogP contribution in [0.15, 0.2) is 66.7 Å². The zero-order chi connectivity index (χ0) is 13.6. The van der Waals surface area contributed by atoms with Crippen molar-refractivity contribution < 1.29 is 0 Å². The average molecular weight is 251 g/mol. The van der Waals surface area contributed by atoms with Crippen molar-refractivity contribution in [3.05, 3.63) is 77.9 Å². The Morgan fingerprint density at radius 2 is 1.53 bits per heavy atom. The number of hydrogen-bond donors (Lipinski definition) is 1. The van der Waals surface area contributed by atoms with Crippen molar-refractivity contribution in [2.75, 3.05) is 0 Å². The maximum Gasteiger partial charge on any atom is 0.0441 e. The molecule has 1 unspecified atom stereocenters. The molecule has 2 aromatic carbocycles. The normalized spacial score (nSPS) is 14.4. The molecular formula is C18H21N. The lowest BCUT2D eigenvalue weighted by Crippen LogP contribution is -2.35. The number of nitrogens with two attached hydrogens (primary N) is 1. The standard InChI is InChI=1S/C18H21N/c1-2-18(19,17-13-7-4-8-14-17)15-9-12-16-10-5-3-6-11-16/h3-14H,2,15,19H2,1H3. The van der Waals surface area contributed by atoms with Crippen LogP contribution in [-0.2, 0) is 5.54 Å². The average Bonchev–Trinajstić information content (AvgIpc) is 2.49. The molecule has 0 aromatic heterocycles. The third kappa shape index (κ3) is 3.55. The largest absolute Gasteiger partial charge is 0.321 e. The van der Waals surface area contributed by atoms with Crippen LogP contribution in [0.4, 0.5) is 0 Å². The fourth-order valence-electron chi connectivity index (χ4n) is 2.21. The Morgan fingerprint density at radius 3 is 2.11 bits per heavy atom. The van der Waals surface area contributed by atoms with Gasteiger partial charge in [-0.3, -0.25) is 0 Å². The molecule has 19 heavy (non-hydrogen) atoms. The maximum atomic E-state index is 6.53. The van der Waals surface area contributed by atoms with Crippen LogP contribution in [-0.4, -0.2) is 0 Å².